The first-order chi connectivity index (χ1) is 11.1. The molecule has 3 rings (SSSR count). The number of nitrogens with zero attached hydrogens (tertiary/aromatic N) is 3. The van der Waals surface area contributed by atoms with Crippen molar-refractivity contribution in [1.82, 2.24) is 19.7 Å². The highest BCUT2D eigenvalue weighted by molar-refractivity contribution is 5.94. The number of Topliss-reactive ketones (excluding diaryl/α,β-unsaturated/α-hetero) is 1. The number of carbonyl (C=O) groups is 1. The normalized spacial score (nSPS) is 19.2. The smallest absolute Gasteiger partial charge is 0.161 e. The molecule has 124 valence electrons. The van der Waals surface area contributed by atoms with Gasteiger partial charge in [0.15, 0.2) is 5.78 Å². The van der Waals surface area contributed by atoms with E-state index in [1.807, 2.05) is 25.5 Å². The average Bonchev–Trinajstić information content (AvgIpc) is 3.15. The topological polar surface area (TPSA) is 53.9 Å². The lowest BCUT2D eigenvalue weighted by molar-refractivity contribution is 0.101. The third-order valence-electron chi connectivity index (χ3n) is 4.95. The van der Waals surface area contributed by atoms with Crippen LogP contribution in [0.5, 0.6) is 0 Å². The lowest BCUT2D eigenvalue weighted by Crippen LogP contribution is -2.34. The van der Waals surface area contributed by atoms with E-state index in [0.29, 0.717) is 5.92 Å². The van der Waals surface area contributed by atoms with Crippen LogP contribution in [0.15, 0.2) is 18.5 Å². The Morgan fingerprint density at radius 1 is 1.48 bits per heavy atom. The molecule has 1 N–H and O–H groups in total. The summed E-state index contributed by atoms with van der Waals surface area (Å²) in [6, 6.07) is 2.03. The summed E-state index contributed by atoms with van der Waals surface area (Å²) < 4.78 is 2.08. The van der Waals surface area contributed by atoms with Gasteiger partial charge in [-0.25, -0.2) is 0 Å². The van der Waals surface area contributed by atoms with Gasteiger partial charge in [-0.3, -0.25) is 14.8 Å². The van der Waals surface area contributed by atoms with Gasteiger partial charge in [-0.1, -0.05) is 6.92 Å². The van der Waals surface area contributed by atoms with Crippen LogP contribution in [0.4, 0.5) is 0 Å². The van der Waals surface area contributed by atoms with E-state index < -0.39 is 0 Å². The number of rotatable bonds is 5. The largest absolute Gasteiger partial charge is 0.353 e. The number of aromatic nitrogens is 3. The van der Waals surface area contributed by atoms with Crippen molar-refractivity contribution in [3.63, 3.8) is 0 Å². The van der Waals surface area contributed by atoms with E-state index in [1.165, 1.54) is 29.8 Å². The minimum atomic E-state index is 0.133. The van der Waals surface area contributed by atoms with Gasteiger partial charge in [0.25, 0.3) is 0 Å². The van der Waals surface area contributed by atoms with Crippen LogP contribution in [0.2, 0.25) is 0 Å². The summed E-state index contributed by atoms with van der Waals surface area (Å²) in [7, 11) is 2.02. The van der Waals surface area contributed by atoms with E-state index in [9.17, 15) is 4.79 Å². The molecule has 23 heavy (non-hydrogen) atoms. The van der Waals surface area contributed by atoms with Crippen LogP contribution in [0.1, 0.15) is 59.9 Å². The minimum absolute atomic E-state index is 0.133. The van der Waals surface area contributed by atoms with Crippen molar-refractivity contribution in [2.75, 3.05) is 13.1 Å². The molecule has 0 amide bonds. The second-order valence-corrected chi connectivity index (χ2v) is 6.62. The quantitative estimate of drug-likeness (QED) is 0.863. The second-order valence-electron chi connectivity index (χ2n) is 6.62. The summed E-state index contributed by atoms with van der Waals surface area (Å²) in [5, 5.41) is 7.44. The lowest BCUT2D eigenvalue weighted by Gasteiger charge is -2.32. The number of likely N-dealkylation sites (tertiary alicyclic amines) is 1. The van der Waals surface area contributed by atoms with Crippen molar-refractivity contribution in [1.29, 1.82) is 0 Å². The summed E-state index contributed by atoms with van der Waals surface area (Å²) in [6.45, 7) is 6.88. The van der Waals surface area contributed by atoms with Gasteiger partial charge in [0.1, 0.15) is 0 Å². The zero-order valence-electron chi connectivity index (χ0n) is 14.3. The number of piperidine rings is 1. The Morgan fingerprint density at radius 3 is 3.00 bits per heavy atom. The first-order valence-electron chi connectivity index (χ1n) is 8.49. The lowest BCUT2D eigenvalue weighted by atomic mass is 9.92. The van der Waals surface area contributed by atoms with E-state index in [0.717, 1.165) is 31.6 Å². The number of hydrogen-bond acceptors (Lipinski definition) is 3. The molecule has 1 saturated heterocycles. The number of ketones is 1. The third kappa shape index (κ3) is 3.39. The van der Waals surface area contributed by atoms with Gasteiger partial charge in [0.2, 0.25) is 0 Å². The molecular formula is C18H26N4O. The fourth-order valence-corrected chi connectivity index (χ4v) is 3.58. The van der Waals surface area contributed by atoms with Gasteiger partial charge in [-0.05, 0) is 44.4 Å². The molecule has 0 unspecified atom stereocenters. The zero-order valence-corrected chi connectivity index (χ0v) is 14.3. The Hall–Kier alpha value is -1.88. The van der Waals surface area contributed by atoms with Crippen LogP contribution in [0.25, 0.3) is 0 Å². The molecule has 0 bridgehead atoms. The molecular weight excluding hydrogens is 288 g/mol. The predicted molar refractivity (Wildman–Crippen MR) is 90.6 cm³/mol. The van der Waals surface area contributed by atoms with Gasteiger partial charge in [0.05, 0.1) is 6.20 Å². The van der Waals surface area contributed by atoms with Crippen molar-refractivity contribution in [2.24, 2.45) is 7.05 Å². The van der Waals surface area contributed by atoms with Gasteiger partial charge in [0, 0.05) is 49.2 Å². The number of aryl methyl sites for hydroxylation is 2. The van der Waals surface area contributed by atoms with E-state index in [2.05, 4.69) is 26.6 Å². The molecule has 1 fully saturated rings. The van der Waals surface area contributed by atoms with Crippen LogP contribution in [-0.4, -0.2) is 38.5 Å². The Kier molecular flexibility index (Phi) is 4.66. The molecule has 1 aliphatic rings. The molecule has 1 atom stereocenters. The highest BCUT2D eigenvalue weighted by Crippen LogP contribution is 2.29. The van der Waals surface area contributed by atoms with Crippen LogP contribution < -0.4 is 0 Å². The fourth-order valence-electron chi connectivity index (χ4n) is 3.58. The minimum Gasteiger partial charge on any atom is -0.353 e. The standard InChI is InChI=1S/C18H26N4O/c1-4-14-9-19-20-18(14)15-6-5-7-22(11-15)12-17-8-16(13(2)23)10-21(17)3/h8-10,15H,4-7,11-12H2,1-3H3,(H,19,20)/t15-/m1/s1. The third-order valence-corrected chi connectivity index (χ3v) is 4.95. The highest BCUT2D eigenvalue weighted by Gasteiger charge is 2.25. The van der Waals surface area contributed by atoms with E-state index in [1.54, 1.807) is 6.92 Å². The van der Waals surface area contributed by atoms with Crippen molar-refractivity contribution in [3.8, 4) is 0 Å². The van der Waals surface area contributed by atoms with Gasteiger partial charge in [-0.15, -0.1) is 0 Å². The van der Waals surface area contributed by atoms with Crippen molar-refractivity contribution >= 4 is 5.78 Å². The molecule has 5 nitrogen and oxygen atoms in total. The summed E-state index contributed by atoms with van der Waals surface area (Å²) in [5.41, 5.74) is 4.66. The Bertz CT molecular complexity index is 685. The highest BCUT2D eigenvalue weighted by atomic mass is 16.1. The van der Waals surface area contributed by atoms with Crippen LogP contribution >= 0.6 is 0 Å². The monoisotopic (exact) mass is 314 g/mol. The predicted octanol–water partition coefficient (Wildman–Crippen LogP) is 2.89. The number of nitrogens with one attached hydrogen (secondary N) is 1. The maximum absolute atomic E-state index is 11.5. The molecule has 1 aliphatic heterocycles. The molecule has 0 spiro atoms. The molecule has 0 saturated carbocycles. The molecule has 0 radical (unpaired) electrons. The molecule has 5 heteroatoms. The number of hydrogen-bond donors (Lipinski definition) is 1. The fraction of sp³-hybridized carbons (Fsp3) is 0.556. The molecule has 2 aromatic rings. The summed E-state index contributed by atoms with van der Waals surface area (Å²) >= 11 is 0. The Morgan fingerprint density at radius 2 is 2.30 bits per heavy atom. The summed E-state index contributed by atoms with van der Waals surface area (Å²) in [5.74, 6) is 0.669. The van der Waals surface area contributed by atoms with Crippen molar-refractivity contribution < 1.29 is 4.79 Å². The molecule has 3 heterocycles. The summed E-state index contributed by atoms with van der Waals surface area (Å²) in [6.07, 6.45) is 7.35. The van der Waals surface area contributed by atoms with Gasteiger partial charge >= 0.3 is 0 Å². The average molecular weight is 314 g/mol. The van der Waals surface area contributed by atoms with Crippen LogP contribution in [0, 0.1) is 0 Å². The van der Waals surface area contributed by atoms with Crippen LogP contribution in [0.3, 0.4) is 0 Å². The van der Waals surface area contributed by atoms with Crippen LogP contribution in [-0.2, 0) is 20.0 Å². The molecule has 0 aromatic carbocycles. The van der Waals surface area contributed by atoms with E-state index >= 15 is 0 Å². The van der Waals surface area contributed by atoms with Gasteiger partial charge in [-0.2, -0.15) is 5.10 Å². The second kappa shape index (κ2) is 6.71. The Labute approximate surface area is 137 Å². The first-order valence-corrected chi connectivity index (χ1v) is 8.49. The number of aromatic amines is 1. The molecule has 2 aromatic heterocycles. The molecule has 0 aliphatic carbocycles. The number of H-pyrrole nitrogens is 1. The maximum atomic E-state index is 11.5. The van der Waals surface area contributed by atoms with E-state index in [-0.39, 0.29) is 5.78 Å². The Balaban J connectivity index is 1.71. The zero-order chi connectivity index (χ0) is 16.4. The van der Waals surface area contributed by atoms with E-state index in [4.69, 9.17) is 0 Å². The number of carbonyl (C=O) groups excluding carboxylic acids is 1. The first kappa shape index (κ1) is 16.0. The maximum Gasteiger partial charge on any atom is 0.161 e. The summed E-state index contributed by atoms with van der Waals surface area (Å²) in [4.78, 5) is 14.0. The van der Waals surface area contributed by atoms with Gasteiger partial charge < -0.3 is 4.57 Å². The SMILES string of the molecule is CCc1cn[nH]c1[C@@H]1CCCN(Cc2cc(C(C)=O)cn2C)C1. The van der Waals surface area contributed by atoms with Crippen molar-refractivity contribution in [2.45, 2.75) is 45.6 Å². The van der Waals surface area contributed by atoms with Crippen molar-refractivity contribution in [3.05, 3.63) is 41.0 Å².